The van der Waals surface area contributed by atoms with Crippen LogP contribution < -0.4 is 4.90 Å². The molecule has 0 radical (unpaired) electrons. The van der Waals surface area contributed by atoms with Gasteiger partial charge in [-0.2, -0.15) is 5.26 Å². The van der Waals surface area contributed by atoms with Gasteiger partial charge in [-0.15, -0.1) is 0 Å². The van der Waals surface area contributed by atoms with Gasteiger partial charge in [0.05, 0.1) is 19.2 Å². The quantitative estimate of drug-likeness (QED) is 0.564. The van der Waals surface area contributed by atoms with E-state index in [1.807, 2.05) is 12.1 Å². The molecule has 132 valence electrons. The van der Waals surface area contributed by atoms with Crippen LogP contribution in [0.25, 0.3) is 4.85 Å². The Balaban J connectivity index is 1.92. The summed E-state index contributed by atoms with van der Waals surface area (Å²) in [4.78, 5) is 8.00. The molecule has 0 amide bonds. The number of halogens is 1. The highest BCUT2D eigenvalue weighted by Gasteiger charge is 2.28. The first-order chi connectivity index (χ1) is 12.6. The molecule has 4 nitrogen and oxygen atoms in total. The molecule has 0 saturated carbocycles. The molecule has 0 aliphatic carbocycles. The van der Waals surface area contributed by atoms with Crippen molar-refractivity contribution in [3.8, 4) is 6.07 Å². The highest BCUT2D eigenvalue weighted by Crippen LogP contribution is 2.33. The maximum absolute atomic E-state index is 8.98. The normalized spacial score (nSPS) is 16.8. The number of benzene rings is 2. The van der Waals surface area contributed by atoms with Gasteiger partial charge >= 0.3 is 0 Å². The smallest absolute Gasteiger partial charge is 0.205 e. The number of hydrogen-bond acceptors (Lipinski definition) is 3. The summed E-state index contributed by atoms with van der Waals surface area (Å²) < 4.78 is 0. The molecule has 1 aliphatic heterocycles. The van der Waals surface area contributed by atoms with Crippen molar-refractivity contribution in [2.45, 2.75) is 25.9 Å². The van der Waals surface area contributed by atoms with E-state index in [4.69, 9.17) is 23.4 Å². The summed E-state index contributed by atoms with van der Waals surface area (Å²) in [6, 6.07) is 16.6. The van der Waals surface area contributed by atoms with Crippen molar-refractivity contribution < 1.29 is 0 Å². The van der Waals surface area contributed by atoms with E-state index in [1.165, 1.54) is 11.1 Å². The number of nitrogens with zero attached hydrogens (tertiary/aromatic N) is 4. The van der Waals surface area contributed by atoms with Crippen molar-refractivity contribution in [2.24, 2.45) is 0 Å². The summed E-state index contributed by atoms with van der Waals surface area (Å²) in [5.41, 5.74) is 4.03. The fraction of sp³-hybridized carbons (Fsp3) is 0.333. The van der Waals surface area contributed by atoms with Crippen molar-refractivity contribution in [1.82, 2.24) is 4.90 Å². The second kappa shape index (κ2) is 8.23. The molecule has 0 bridgehead atoms. The van der Waals surface area contributed by atoms with Gasteiger partial charge in [0.1, 0.15) is 0 Å². The molecule has 1 fully saturated rings. The summed E-state index contributed by atoms with van der Waals surface area (Å²) in [7, 11) is 0. The fourth-order valence-corrected chi connectivity index (χ4v) is 3.69. The third-order valence-corrected chi connectivity index (χ3v) is 5.27. The molecule has 0 spiro atoms. The second-order valence-corrected chi connectivity index (χ2v) is 7.04. The number of hydrogen-bond donors (Lipinski definition) is 0. The van der Waals surface area contributed by atoms with Crippen LogP contribution in [0.3, 0.4) is 0 Å². The lowest BCUT2D eigenvalue weighted by atomic mass is 10.1. The van der Waals surface area contributed by atoms with E-state index in [9.17, 15) is 0 Å². The van der Waals surface area contributed by atoms with Gasteiger partial charge in [-0.25, -0.2) is 4.85 Å². The van der Waals surface area contributed by atoms with E-state index < -0.39 is 0 Å². The van der Waals surface area contributed by atoms with Gasteiger partial charge in [0.25, 0.3) is 0 Å². The van der Waals surface area contributed by atoms with Gasteiger partial charge in [0, 0.05) is 36.4 Å². The molecule has 0 unspecified atom stereocenters. The Morgan fingerprint density at radius 1 is 1.35 bits per heavy atom. The third-order valence-electron chi connectivity index (χ3n) is 4.97. The van der Waals surface area contributed by atoms with E-state index in [2.05, 4.69) is 51.9 Å². The molecule has 5 heteroatoms. The molecule has 2 aromatic rings. The van der Waals surface area contributed by atoms with Crippen LogP contribution in [0, 0.1) is 24.8 Å². The van der Waals surface area contributed by atoms with Crippen LogP contribution >= 0.6 is 11.6 Å². The molecule has 0 aromatic heterocycles. The molecule has 1 saturated heterocycles. The molecule has 1 heterocycles. The Kier molecular flexibility index (Phi) is 5.78. The first kappa shape index (κ1) is 18.3. The first-order valence-electron chi connectivity index (χ1n) is 8.70. The van der Waals surface area contributed by atoms with Crippen LogP contribution in [0.2, 0.25) is 5.02 Å². The van der Waals surface area contributed by atoms with Crippen LogP contribution in [-0.2, 0) is 6.54 Å². The maximum atomic E-state index is 8.98. The topological polar surface area (TPSA) is 34.6 Å². The minimum atomic E-state index is 0.317. The number of anilines is 1. The molecule has 1 aliphatic rings. The van der Waals surface area contributed by atoms with E-state index >= 15 is 0 Å². The largest absolute Gasteiger partial charge is 0.363 e. The van der Waals surface area contributed by atoms with Crippen molar-refractivity contribution in [3.05, 3.63) is 70.0 Å². The minimum absolute atomic E-state index is 0.317. The van der Waals surface area contributed by atoms with Crippen molar-refractivity contribution in [1.29, 1.82) is 5.26 Å². The van der Waals surface area contributed by atoms with Gasteiger partial charge in [0.2, 0.25) is 5.69 Å². The van der Waals surface area contributed by atoms with Crippen LogP contribution in [0.4, 0.5) is 11.4 Å². The average Bonchev–Trinajstić information content (AvgIpc) is 3.09. The molecule has 3 rings (SSSR count). The number of likely N-dealkylation sites (tertiary alicyclic amines) is 1. The summed E-state index contributed by atoms with van der Waals surface area (Å²) in [5, 5.41) is 9.47. The predicted octanol–water partition coefficient (Wildman–Crippen LogP) is 4.80. The van der Waals surface area contributed by atoms with Crippen molar-refractivity contribution in [2.75, 3.05) is 24.5 Å². The van der Waals surface area contributed by atoms with Crippen LogP contribution in [-0.4, -0.2) is 30.6 Å². The molecule has 1 atom stereocenters. The van der Waals surface area contributed by atoms with Gasteiger partial charge in [-0.05, 0) is 36.6 Å². The highest BCUT2D eigenvalue weighted by molar-refractivity contribution is 6.33. The zero-order valence-electron chi connectivity index (χ0n) is 14.8. The zero-order chi connectivity index (χ0) is 18.5. The number of rotatable bonds is 5. The van der Waals surface area contributed by atoms with E-state index in [0.29, 0.717) is 23.3 Å². The first-order valence-corrected chi connectivity index (χ1v) is 9.07. The van der Waals surface area contributed by atoms with E-state index in [-0.39, 0.29) is 0 Å². The molecule has 2 aromatic carbocycles. The Bertz CT molecular complexity index is 865. The summed E-state index contributed by atoms with van der Waals surface area (Å²) in [5.74, 6) is 0. The van der Waals surface area contributed by atoms with Gasteiger partial charge in [0.15, 0.2) is 0 Å². The zero-order valence-corrected chi connectivity index (χ0v) is 15.6. The molecular formula is C21H21ClN4. The number of nitriles is 1. The summed E-state index contributed by atoms with van der Waals surface area (Å²) in [6.45, 7) is 12.4. The predicted molar refractivity (Wildman–Crippen MR) is 106 cm³/mol. The average molecular weight is 365 g/mol. The Hall–Kier alpha value is -2.53. The lowest BCUT2D eigenvalue weighted by molar-refractivity contribution is 0.373. The van der Waals surface area contributed by atoms with Crippen LogP contribution in [0.1, 0.15) is 17.5 Å². The van der Waals surface area contributed by atoms with Gasteiger partial charge in [-0.1, -0.05) is 41.9 Å². The van der Waals surface area contributed by atoms with Gasteiger partial charge in [-0.3, -0.25) is 4.90 Å². The SMILES string of the molecule is [C-]#[N+]c1ccc(N(Cc2ccccc2C)[C@H]2CCN(CC#N)C2)cc1Cl. The second-order valence-electron chi connectivity index (χ2n) is 6.64. The molecule has 0 N–H and O–H groups in total. The van der Waals surface area contributed by atoms with E-state index in [1.54, 1.807) is 6.07 Å². The standard InChI is InChI=1S/C21H21ClN4/c1-16-5-3-4-6-17(16)14-26(19-9-11-25(15-19)12-10-23)18-7-8-21(24-2)20(22)13-18/h3-8,13,19H,9,11-12,14-15H2,1H3/t19-/m0/s1. The summed E-state index contributed by atoms with van der Waals surface area (Å²) >= 11 is 6.30. The Morgan fingerprint density at radius 3 is 2.85 bits per heavy atom. The highest BCUT2D eigenvalue weighted by atomic mass is 35.5. The monoisotopic (exact) mass is 364 g/mol. The Labute approximate surface area is 160 Å². The van der Waals surface area contributed by atoms with Crippen LogP contribution in [0.5, 0.6) is 0 Å². The van der Waals surface area contributed by atoms with Gasteiger partial charge < -0.3 is 4.90 Å². The molecular weight excluding hydrogens is 344 g/mol. The summed E-state index contributed by atoms with van der Waals surface area (Å²) in [6.07, 6.45) is 1.01. The lowest BCUT2D eigenvalue weighted by Crippen LogP contribution is -2.37. The lowest BCUT2D eigenvalue weighted by Gasteiger charge is -2.32. The Morgan fingerprint density at radius 2 is 2.15 bits per heavy atom. The number of aryl methyl sites for hydroxylation is 1. The van der Waals surface area contributed by atoms with Crippen molar-refractivity contribution in [3.63, 3.8) is 0 Å². The maximum Gasteiger partial charge on any atom is 0.205 e. The molecule has 26 heavy (non-hydrogen) atoms. The van der Waals surface area contributed by atoms with Crippen molar-refractivity contribution >= 4 is 23.0 Å². The minimum Gasteiger partial charge on any atom is -0.363 e. The fourth-order valence-electron chi connectivity index (χ4n) is 3.48. The van der Waals surface area contributed by atoms with E-state index in [0.717, 1.165) is 31.7 Å². The van der Waals surface area contributed by atoms with Crippen LogP contribution in [0.15, 0.2) is 42.5 Å². The third kappa shape index (κ3) is 3.99.